The molecule has 1 saturated carbocycles. The first-order valence-electron chi connectivity index (χ1n) is 6.21. The zero-order chi connectivity index (χ0) is 12.1. The average molecular weight is 236 g/mol. The standard InChI is InChI=1S/C12H20N4O/c1-16-9-10(8-15-16)4-5-13-6-7-14-12(17)11-2-3-11/h8-9,11,13H,2-7H2,1H3,(H,14,17). The van der Waals surface area contributed by atoms with Gasteiger partial charge in [-0.3, -0.25) is 9.48 Å². The lowest BCUT2D eigenvalue weighted by molar-refractivity contribution is -0.122. The van der Waals surface area contributed by atoms with E-state index in [-0.39, 0.29) is 5.91 Å². The predicted octanol–water partition coefficient (Wildman–Crippen LogP) is 0.0784. The van der Waals surface area contributed by atoms with Gasteiger partial charge >= 0.3 is 0 Å². The summed E-state index contributed by atoms with van der Waals surface area (Å²) in [6.45, 7) is 2.48. The van der Waals surface area contributed by atoms with Crippen molar-refractivity contribution in [2.45, 2.75) is 19.3 Å². The topological polar surface area (TPSA) is 59.0 Å². The molecule has 94 valence electrons. The number of nitrogens with one attached hydrogen (secondary N) is 2. The van der Waals surface area contributed by atoms with Crippen LogP contribution in [-0.2, 0) is 18.3 Å². The van der Waals surface area contributed by atoms with Crippen molar-refractivity contribution in [1.82, 2.24) is 20.4 Å². The van der Waals surface area contributed by atoms with Crippen LogP contribution in [0.2, 0.25) is 0 Å². The SMILES string of the molecule is Cn1cc(CCNCCNC(=O)C2CC2)cn1. The van der Waals surface area contributed by atoms with Crippen molar-refractivity contribution in [1.29, 1.82) is 0 Å². The lowest BCUT2D eigenvalue weighted by Crippen LogP contribution is -2.33. The highest BCUT2D eigenvalue weighted by Crippen LogP contribution is 2.28. The molecule has 1 fully saturated rings. The molecule has 1 aliphatic rings. The first kappa shape index (κ1) is 12.1. The van der Waals surface area contributed by atoms with Crippen LogP contribution in [0, 0.1) is 5.92 Å². The third kappa shape index (κ3) is 4.19. The molecule has 2 rings (SSSR count). The van der Waals surface area contributed by atoms with Crippen molar-refractivity contribution in [3.05, 3.63) is 18.0 Å². The summed E-state index contributed by atoms with van der Waals surface area (Å²) in [5.41, 5.74) is 1.24. The quantitative estimate of drug-likeness (QED) is 0.659. The number of rotatable bonds is 7. The van der Waals surface area contributed by atoms with Crippen molar-refractivity contribution in [3.8, 4) is 0 Å². The minimum absolute atomic E-state index is 0.221. The van der Waals surface area contributed by atoms with E-state index in [2.05, 4.69) is 15.7 Å². The number of hydrogen-bond acceptors (Lipinski definition) is 3. The Bertz CT molecular complexity index is 370. The molecule has 0 aromatic carbocycles. The van der Waals surface area contributed by atoms with Crippen LogP contribution in [0.15, 0.2) is 12.4 Å². The molecule has 5 heteroatoms. The molecule has 1 aromatic rings. The van der Waals surface area contributed by atoms with Gasteiger partial charge in [-0.25, -0.2) is 0 Å². The van der Waals surface area contributed by atoms with Gasteiger partial charge in [0.25, 0.3) is 0 Å². The molecule has 0 atom stereocenters. The van der Waals surface area contributed by atoms with Crippen molar-refractivity contribution in [2.24, 2.45) is 13.0 Å². The Morgan fingerprint density at radius 1 is 1.47 bits per heavy atom. The summed E-state index contributed by atoms with van der Waals surface area (Å²) in [5, 5.41) is 10.3. The predicted molar refractivity (Wildman–Crippen MR) is 65.5 cm³/mol. The molecule has 0 unspecified atom stereocenters. The molecule has 2 N–H and O–H groups in total. The van der Waals surface area contributed by atoms with Gasteiger partial charge in [-0.1, -0.05) is 0 Å². The average Bonchev–Trinajstić information content (AvgIpc) is 3.08. The summed E-state index contributed by atoms with van der Waals surface area (Å²) < 4.78 is 1.81. The molecule has 1 aromatic heterocycles. The number of nitrogens with zero attached hydrogens (tertiary/aromatic N) is 2. The third-order valence-corrected chi connectivity index (χ3v) is 2.90. The summed E-state index contributed by atoms with van der Waals surface area (Å²) in [4.78, 5) is 11.3. The first-order chi connectivity index (χ1) is 8.25. The van der Waals surface area contributed by atoms with E-state index in [1.165, 1.54) is 5.56 Å². The van der Waals surface area contributed by atoms with Gasteiger partial charge in [-0.05, 0) is 31.4 Å². The van der Waals surface area contributed by atoms with Gasteiger partial charge in [0.15, 0.2) is 0 Å². The van der Waals surface area contributed by atoms with Crippen LogP contribution >= 0.6 is 0 Å². The molecule has 0 saturated heterocycles. The molecule has 0 bridgehead atoms. The van der Waals surface area contributed by atoms with Crippen LogP contribution in [0.4, 0.5) is 0 Å². The maximum Gasteiger partial charge on any atom is 0.223 e. The zero-order valence-corrected chi connectivity index (χ0v) is 10.3. The molecule has 0 radical (unpaired) electrons. The number of carbonyl (C=O) groups is 1. The molecule has 1 heterocycles. The maximum absolute atomic E-state index is 11.3. The van der Waals surface area contributed by atoms with Gasteiger partial charge in [-0.2, -0.15) is 5.10 Å². The monoisotopic (exact) mass is 236 g/mol. The van der Waals surface area contributed by atoms with E-state index in [1.54, 1.807) is 0 Å². The van der Waals surface area contributed by atoms with Crippen LogP contribution in [0.25, 0.3) is 0 Å². The third-order valence-electron chi connectivity index (χ3n) is 2.90. The van der Waals surface area contributed by atoms with Gasteiger partial charge < -0.3 is 10.6 Å². The van der Waals surface area contributed by atoms with E-state index in [0.29, 0.717) is 5.92 Å². The Hall–Kier alpha value is -1.36. The Morgan fingerprint density at radius 3 is 2.94 bits per heavy atom. The van der Waals surface area contributed by atoms with Gasteiger partial charge in [0.05, 0.1) is 6.20 Å². The Morgan fingerprint density at radius 2 is 2.29 bits per heavy atom. The van der Waals surface area contributed by atoms with Crippen LogP contribution in [0.1, 0.15) is 18.4 Å². The fourth-order valence-corrected chi connectivity index (χ4v) is 1.72. The summed E-state index contributed by atoms with van der Waals surface area (Å²) >= 11 is 0. The normalized spacial score (nSPS) is 14.9. The van der Waals surface area contributed by atoms with E-state index in [9.17, 15) is 4.79 Å². The molecule has 5 nitrogen and oxygen atoms in total. The fraction of sp³-hybridized carbons (Fsp3) is 0.667. The zero-order valence-electron chi connectivity index (χ0n) is 10.3. The largest absolute Gasteiger partial charge is 0.355 e. The van der Waals surface area contributed by atoms with E-state index in [4.69, 9.17) is 0 Å². The van der Waals surface area contributed by atoms with E-state index >= 15 is 0 Å². The highest BCUT2D eigenvalue weighted by Gasteiger charge is 2.28. The minimum atomic E-state index is 0.221. The van der Waals surface area contributed by atoms with E-state index in [0.717, 1.165) is 38.9 Å². The number of hydrogen-bond donors (Lipinski definition) is 2. The van der Waals surface area contributed by atoms with E-state index < -0.39 is 0 Å². The van der Waals surface area contributed by atoms with Crippen molar-refractivity contribution < 1.29 is 4.79 Å². The van der Waals surface area contributed by atoms with Crippen LogP contribution in [0.5, 0.6) is 0 Å². The van der Waals surface area contributed by atoms with Crippen LogP contribution in [-0.4, -0.2) is 35.3 Å². The Balaban J connectivity index is 1.47. The molecule has 1 amide bonds. The second-order valence-electron chi connectivity index (χ2n) is 4.59. The van der Waals surface area contributed by atoms with Gasteiger partial charge in [0.1, 0.15) is 0 Å². The number of aryl methyl sites for hydroxylation is 1. The molecular weight excluding hydrogens is 216 g/mol. The lowest BCUT2D eigenvalue weighted by atomic mass is 10.2. The molecule has 0 aliphatic heterocycles. The fourth-order valence-electron chi connectivity index (χ4n) is 1.72. The number of aromatic nitrogens is 2. The molecular formula is C12H20N4O. The van der Waals surface area contributed by atoms with Crippen molar-refractivity contribution in [2.75, 3.05) is 19.6 Å². The van der Waals surface area contributed by atoms with Gasteiger partial charge in [-0.15, -0.1) is 0 Å². The molecule has 17 heavy (non-hydrogen) atoms. The van der Waals surface area contributed by atoms with Crippen LogP contribution in [0.3, 0.4) is 0 Å². The Kier molecular flexibility index (Phi) is 4.14. The molecule has 1 aliphatic carbocycles. The minimum Gasteiger partial charge on any atom is -0.355 e. The van der Waals surface area contributed by atoms with Crippen LogP contribution < -0.4 is 10.6 Å². The summed E-state index contributed by atoms with van der Waals surface area (Å²) in [5.74, 6) is 0.532. The second-order valence-corrected chi connectivity index (χ2v) is 4.59. The van der Waals surface area contributed by atoms with E-state index in [1.807, 2.05) is 24.1 Å². The summed E-state index contributed by atoms with van der Waals surface area (Å²) in [6, 6.07) is 0. The van der Waals surface area contributed by atoms with Crippen molar-refractivity contribution in [3.63, 3.8) is 0 Å². The summed E-state index contributed by atoms with van der Waals surface area (Å²) in [7, 11) is 1.92. The maximum atomic E-state index is 11.3. The Labute approximate surface area is 102 Å². The second kappa shape index (κ2) is 5.82. The number of amides is 1. The molecule has 0 spiro atoms. The van der Waals surface area contributed by atoms with Gasteiger partial charge in [0.2, 0.25) is 5.91 Å². The first-order valence-corrected chi connectivity index (χ1v) is 6.21. The highest BCUT2D eigenvalue weighted by atomic mass is 16.2. The van der Waals surface area contributed by atoms with Crippen molar-refractivity contribution >= 4 is 5.91 Å². The number of carbonyl (C=O) groups excluding carboxylic acids is 1. The summed E-state index contributed by atoms with van der Waals surface area (Å²) in [6.07, 6.45) is 7.03. The highest BCUT2D eigenvalue weighted by molar-refractivity contribution is 5.80. The van der Waals surface area contributed by atoms with Gasteiger partial charge in [0, 0.05) is 32.3 Å². The smallest absolute Gasteiger partial charge is 0.223 e. The lowest BCUT2D eigenvalue weighted by Gasteiger charge is -2.05.